The number of nitrogens with zero attached hydrogens (tertiary/aromatic N) is 1. The molecule has 5 nitrogen and oxygen atoms in total. The molecule has 1 aromatic carbocycles. The van der Waals surface area contributed by atoms with E-state index in [0.717, 1.165) is 43.6 Å². The van der Waals surface area contributed by atoms with Crippen LogP contribution < -0.4 is 0 Å². The third-order valence-electron chi connectivity index (χ3n) is 6.55. The number of phenolic OH excluding ortho intramolecular Hbond substituents is 2. The van der Waals surface area contributed by atoms with Crippen LogP contribution in [0.25, 0.3) is 0 Å². The molecule has 1 aliphatic carbocycles. The first kappa shape index (κ1) is 18.1. The maximum absolute atomic E-state index is 10.5. The predicted molar refractivity (Wildman–Crippen MR) is 99.3 cm³/mol. The topological polar surface area (TPSA) is 73.2 Å². The minimum absolute atomic E-state index is 0.0330. The molecular formula is C21H31NO4. The molecule has 144 valence electrons. The van der Waals surface area contributed by atoms with Gasteiger partial charge in [-0.1, -0.05) is 25.3 Å². The van der Waals surface area contributed by atoms with Crippen molar-refractivity contribution in [1.82, 2.24) is 4.90 Å². The summed E-state index contributed by atoms with van der Waals surface area (Å²) in [6, 6.07) is 3.48. The van der Waals surface area contributed by atoms with E-state index in [1.165, 1.54) is 32.1 Å². The number of aliphatic hydroxyl groups excluding tert-OH is 1. The Morgan fingerprint density at radius 3 is 2.46 bits per heavy atom. The largest absolute Gasteiger partial charge is 0.504 e. The summed E-state index contributed by atoms with van der Waals surface area (Å²) in [6.07, 6.45) is 8.41. The maximum Gasteiger partial charge on any atom is 0.161 e. The summed E-state index contributed by atoms with van der Waals surface area (Å²) in [6.45, 7) is 2.55. The van der Waals surface area contributed by atoms with Gasteiger partial charge in [-0.05, 0) is 43.2 Å². The van der Waals surface area contributed by atoms with Crippen molar-refractivity contribution >= 4 is 0 Å². The number of likely N-dealkylation sites (tertiary alicyclic amines) is 1. The molecular weight excluding hydrogens is 330 g/mol. The Bertz CT molecular complexity index is 621. The van der Waals surface area contributed by atoms with Gasteiger partial charge >= 0.3 is 0 Å². The smallest absolute Gasteiger partial charge is 0.161 e. The van der Waals surface area contributed by atoms with Gasteiger partial charge < -0.3 is 25.0 Å². The minimum atomic E-state index is -0.179. The van der Waals surface area contributed by atoms with Crippen LogP contribution in [0, 0.1) is 5.92 Å². The zero-order valence-electron chi connectivity index (χ0n) is 15.4. The lowest BCUT2D eigenvalue weighted by Crippen LogP contribution is -2.42. The number of aromatic hydroxyl groups is 2. The van der Waals surface area contributed by atoms with Gasteiger partial charge in [0.2, 0.25) is 0 Å². The number of piperidine rings is 1. The molecule has 1 aromatic rings. The normalized spacial score (nSPS) is 28.8. The second kappa shape index (κ2) is 7.75. The molecule has 0 bridgehead atoms. The Morgan fingerprint density at radius 1 is 1.00 bits per heavy atom. The molecule has 0 amide bonds. The SMILES string of the molecule is Oc1ccc2c(c1O)CC(C1CCCCC1)OC2CN1CCC(O)CC1. The number of hydrogen-bond acceptors (Lipinski definition) is 5. The van der Waals surface area contributed by atoms with Gasteiger partial charge in [0.15, 0.2) is 11.5 Å². The van der Waals surface area contributed by atoms with E-state index in [1.807, 2.05) is 6.07 Å². The molecule has 0 spiro atoms. The number of ether oxygens (including phenoxy) is 1. The maximum atomic E-state index is 10.5. The molecule has 2 atom stereocenters. The van der Waals surface area contributed by atoms with Gasteiger partial charge in [-0.25, -0.2) is 0 Å². The van der Waals surface area contributed by atoms with E-state index < -0.39 is 0 Å². The number of benzene rings is 1. The third-order valence-corrected chi connectivity index (χ3v) is 6.55. The molecule has 1 saturated carbocycles. The van der Waals surface area contributed by atoms with Crippen LogP contribution in [-0.2, 0) is 11.2 Å². The van der Waals surface area contributed by atoms with E-state index in [2.05, 4.69) is 4.90 Å². The van der Waals surface area contributed by atoms with Gasteiger partial charge in [0, 0.05) is 31.6 Å². The van der Waals surface area contributed by atoms with Crippen LogP contribution in [0.2, 0.25) is 0 Å². The third kappa shape index (κ3) is 3.71. The van der Waals surface area contributed by atoms with Crippen LogP contribution in [0.3, 0.4) is 0 Å². The summed E-state index contributed by atoms with van der Waals surface area (Å²) in [5.41, 5.74) is 1.88. The van der Waals surface area contributed by atoms with Crippen molar-refractivity contribution in [2.24, 2.45) is 5.92 Å². The van der Waals surface area contributed by atoms with Gasteiger partial charge in [0.25, 0.3) is 0 Å². The molecule has 5 heteroatoms. The number of aliphatic hydroxyl groups is 1. The van der Waals surface area contributed by atoms with Crippen molar-refractivity contribution in [3.8, 4) is 11.5 Å². The molecule has 1 saturated heterocycles. The average molecular weight is 361 g/mol. The fourth-order valence-electron chi connectivity index (χ4n) is 4.95. The Balaban J connectivity index is 1.56. The van der Waals surface area contributed by atoms with Crippen LogP contribution in [-0.4, -0.2) is 52.1 Å². The summed E-state index contributed by atoms with van der Waals surface area (Å²) in [5, 5.41) is 30.2. The lowest BCUT2D eigenvalue weighted by molar-refractivity contribution is -0.0790. The molecule has 26 heavy (non-hydrogen) atoms. The molecule has 3 N–H and O–H groups in total. The lowest BCUT2D eigenvalue weighted by Gasteiger charge is -2.40. The monoisotopic (exact) mass is 361 g/mol. The standard InChI is InChI=1S/C21H31NO4/c23-15-8-10-22(11-9-15)13-20-16-6-7-18(24)21(25)17(16)12-19(26-20)14-4-2-1-3-5-14/h6-7,14-15,19-20,23-25H,1-5,8-13H2. The zero-order chi connectivity index (χ0) is 18.1. The Morgan fingerprint density at radius 2 is 1.73 bits per heavy atom. The van der Waals surface area contributed by atoms with E-state index in [-0.39, 0.29) is 29.8 Å². The van der Waals surface area contributed by atoms with Crippen molar-refractivity contribution in [3.05, 3.63) is 23.3 Å². The van der Waals surface area contributed by atoms with Crippen molar-refractivity contribution in [2.75, 3.05) is 19.6 Å². The quantitative estimate of drug-likeness (QED) is 0.722. The molecule has 4 rings (SSSR count). The molecule has 2 unspecified atom stereocenters. The van der Waals surface area contributed by atoms with E-state index in [1.54, 1.807) is 6.07 Å². The fraction of sp³-hybridized carbons (Fsp3) is 0.714. The number of hydrogen-bond donors (Lipinski definition) is 3. The van der Waals surface area contributed by atoms with Gasteiger partial charge in [0.1, 0.15) is 0 Å². The van der Waals surface area contributed by atoms with Crippen molar-refractivity contribution in [1.29, 1.82) is 0 Å². The minimum Gasteiger partial charge on any atom is -0.504 e. The van der Waals surface area contributed by atoms with E-state index in [0.29, 0.717) is 12.3 Å². The van der Waals surface area contributed by atoms with Crippen LogP contribution in [0.4, 0.5) is 0 Å². The Hall–Kier alpha value is -1.30. The highest BCUT2D eigenvalue weighted by molar-refractivity contribution is 5.51. The van der Waals surface area contributed by atoms with Gasteiger partial charge in [0.05, 0.1) is 18.3 Å². The highest BCUT2D eigenvalue weighted by atomic mass is 16.5. The molecule has 0 aromatic heterocycles. The van der Waals surface area contributed by atoms with Crippen molar-refractivity contribution in [3.63, 3.8) is 0 Å². The fourth-order valence-corrected chi connectivity index (χ4v) is 4.95. The van der Waals surface area contributed by atoms with Crippen molar-refractivity contribution in [2.45, 2.75) is 69.7 Å². The highest BCUT2D eigenvalue weighted by Gasteiger charge is 2.36. The zero-order valence-corrected chi connectivity index (χ0v) is 15.4. The molecule has 3 aliphatic rings. The van der Waals surface area contributed by atoms with E-state index in [9.17, 15) is 15.3 Å². The second-order valence-corrected chi connectivity index (χ2v) is 8.30. The predicted octanol–water partition coefficient (Wildman–Crippen LogP) is 3.12. The summed E-state index contributed by atoms with van der Waals surface area (Å²) < 4.78 is 6.58. The van der Waals surface area contributed by atoms with Gasteiger partial charge in [-0.15, -0.1) is 0 Å². The molecule has 0 radical (unpaired) electrons. The van der Waals surface area contributed by atoms with Crippen LogP contribution >= 0.6 is 0 Å². The summed E-state index contributed by atoms with van der Waals surface area (Å²) in [5.74, 6) is 0.544. The number of phenols is 2. The molecule has 2 aliphatic heterocycles. The lowest BCUT2D eigenvalue weighted by atomic mass is 9.80. The molecule has 2 fully saturated rings. The Kier molecular flexibility index (Phi) is 5.39. The summed E-state index contributed by atoms with van der Waals surface area (Å²) in [4.78, 5) is 2.36. The summed E-state index contributed by atoms with van der Waals surface area (Å²) in [7, 11) is 0. The summed E-state index contributed by atoms with van der Waals surface area (Å²) >= 11 is 0. The van der Waals surface area contributed by atoms with E-state index >= 15 is 0 Å². The molecule has 2 heterocycles. The Labute approximate surface area is 155 Å². The number of rotatable bonds is 3. The second-order valence-electron chi connectivity index (χ2n) is 8.30. The van der Waals surface area contributed by atoms with Crippen LogP contribution in [0.1, 0.15) is 62.2 Å². The first-order chi connectivity index (χ1) is 12.6. The van der Waals surface area contributed by atoms with Crippen molar-refractivity contribution < 1.29 is 20.1 Å². The van der Waals surface area contributed by atoms with E-state index in [4.69, 9.17) is 4.74 Å². The van der Waals surface area contributed by atoms with Gasteiger partial charge in [-0.2, -0.15) is 0 Å². The van der Waals surface area contributed by atoms with Crippen LogP contribution in [0.15, 0.2) is 12.1 Å². The first-order valence-corrected chi connectivity index (χ1v) is 10.2. The number of fused-ring (bicyclic) bond motifs is 1. The highest BCUT2D eigenvalue weighted by Crippen LogP contribution is 2.43. The van der Waals surface area contributed by atoms with Crippen LogP contribution in [0.5, 0.6) is 11.5 Å². The average Bonchev–Trinajstić information content (AvgIpc) is 2.67. The van der Waals surface area contributed by atoms with Gasteiger partial charge in [-0.3, -0.25) is 0 Å². The first-order valence-electron chi connectivity index (χ1n) is 10.2.